The molecule has 28 heavy (non-hydrogen) atoms. The SMILES string of the molecule is C=Cc1ccc(OC(C)=O)c(C(=O)OCCOc2ccc(C(=O)[O-])cc2I)c1. The van der Waals surface area contributed by atoms with Crippen molar-refractivity contribution in [3.05, 3.63) is 63.2 Å². The molecule has 0 heterocycles. The first-order valence-electron chi connectivity index (χ1n) is 8.07. The van der Waals surface area contributed by atoms with Crippen molar-refractivity contribution in [2.75, 3.05) is 13.2 Å². The van der Waals surface area contributed by atoms with Gasteiger partial charge in [0.15, 0.2) is 0 Å². The van der Waals surface area contributed by atoms with E-state index in [0.29, 0.717) is 14.9 Å². The van der Waals surface area contributed by atoms with Crippen LogP contribution >= 0.6 is 22.6 Å². The van der Waals surface area contributed by atoms with Crippen LogP contribution in [-0.2, 0) is 9.53 Å². The summed E-state index contributed by atoms with van der Waals surface area (Å²) in [6, 6.07) is 8.95. The summed E-state index contributed by atoms with van der Waals surface area (Å²) in [5, 5.41) is 10.8. The van der Waals surface area contributed by atoms with Gasteiger partial charge in [0, 0.05) is 6.92 Å². The van der Waals surface area contributed by atoms with Crippen LogP contribution in [0.5, 0.6) is 11.5 Å². The van der Waals surface area contributed by atoms with Gasteiger partial charge in [-0.05, 0) is 64.0 Å². The second-order valence-corrected chi connectivity index (χ2v) is 6.63. The van der Waals surface area contributed by atoms with Crippen LogP contribution in [0.25, 0.3) is 6.08 Å². The topological polar surface area (TPSA) is 102 Å². The third-order valence-electron chi connectivity index (χ3n) is 3.45. The number of esters is 2. The van der Waals surface area contributed by atoms with Crippen LogP contribution in [0, 0.1) is 3.57 Å². The molecular weight excluding hydrogens is 479 g/mol. The maximum Gasteiger partial charge on any atom is 0.342 e. The zero-order chi connectivity index (χ0) is 20.7. The third kappa shape index (κ3) is 5.81. The first-order valence-corrected chi connectivity index (χ1v) is 9.15. The highest BCUT2D eigenvalue weighted by atomic mass is 127. The lowest BCUT2D eigenvalue weighted by Crippen LogP contribution is -2.22. The second kappa shape index (κ2) is 9.88. The number of carbonyl (C=O) groups excluding carboxylic acids is 3. The molecule has 0 aliphatic rings. The number of ether oxygens (including phenoxy) is 3. The Labute approximate surface area is 175 Å². The van der Waals surface area contributed by atoms with Crippen molar-refractivity contribution in [1.29, 1.82) is 0 Å². The third-order valence-corrected chi connectivity index (χ3v) is 4.30. The van der Waals surface area contributed by atoms with Crippen LogP contribution < -0.4 is 14.6 Å². The van der Waals surface area contributed by atoms with Gasteiger partial charge in [-0.2, -0.15) is 0 Å². The lowest BCUT2D eigenvalue weighted by Gasteiger charge is -2.12. The Bertz CT molecular complexity index is 921. The smallest absolute Gasteiger partial charge is 0.342 e. The maximum absolute atomic E-state index is 12.3. The van der Waals surface area contributed by atoms with E-state index >= 15 is 0 Å². The number of hydrogen-bond acceptors (Lipinski definition) is 7. The van der Waals surface area contributed by atoms with Gasteiger partial charge in [-0.25, -0.2) is 4.79 Å². The van der Waals surface area contributed by atoms with Crippen LogP contribution in [0.1, 0.15) is 33.2 Å². The lowest BCUT2D eigenvalue weighted by atomic mass is 10.1. The highest BCUT2D eigenvalue weighted by Gasteiger charge is 2.16. The Hall–Kier alpha value is -2.88. The van der Waals surface area contributed by atoms with E-state index in [1.165, 1.54) is 37.3 Å². The number of aromatic carboxylic acids is 1. The fourth-order valence-corrected chi connectivity index (χ4v) is 2.86. The molecular formula is C20H16IO7-. The fourth-order valence-electron chi connectivity index (χ4n) is 2.19. The molecule has 146 valence electrons. The van der Waals surface area contributed by atoms with Crippen molar-refractivity contribution < 1.29 is 33.7 Å². The average Bonchev–Trinajstić information content (AvgIpc) is 2.65. The highest BCUT2D eigenvalue weighted by molar-refractivity contribution is 14.1. The van der Waals surface area contributed by atoms with Crippen LogP contribution in [0.4, 0.5) is 0 Å². The number of carboxylic acids is 1. The molecule has 7 nitrogen and oxygen atoms in total. The number of carboxylic acid groups (broad SMARTS) is 1. The molecule has 0 aromatic heterocycles. The second-order valence-electron chi connectivity index (χ2n) is 5.47. The van der Waals surface area contributed by atoms with E-state index in [1.807, 2.05) is 22.6 Å². The van der Waals surface area contributed by atoms with Crippen molar-refractivity contribution in [2.24, 2.45) is 0 Å². The predicted octanol–water partition coefficient (Wildman–Crippen LogP) is 2.46. The Morgan fingerprint density at radius 3 is 2.43 bits per heavy atom. The van der Waals surface area contributed by atoms with Crippen molar-refractivity contribution in [3.63, 3.8) is 0 Å². The Kier molecular flexibility index (Phi) is 7.56. The summed E-state index contributed by atoms with van der Waals surface area (Å²) in [4.78, 5) is 34.4. The van der Waals surface area contributed by atoms with E-state index in [1.54, 1.807) is 12.1 Å². The van der Waals surface area contributed by atoms with E-state index in [0.717, 1.165) is 0 Å². The molecule has 0 spiro atoms. The number of rotatable bonds is 8. The van der Waals surface area contributed by atoms with E-state index in [9.17, 15) is 19.5 Å². The maximum atomic E-state index is 12.3. The Morgan fingerprint density at radius 1 is 1.11 bits per heavy atom. The summed E-state index contributed by atoms with van der Waals surface area (Å²) in [5.74, 6) is -1.96. The molecule has 0 atom stereocenters. The molecule has 0 fully saturated rings. The fraction of sp³-hybridized carbons (Fsp3) is 0.150. The summed E-state index contributed by atoms with van der Waals surface area (Å²) in [6.45, 7) is 4.86. The van der Waals surface area contributed by atoms with E-state index in [2.05, 4.69) is 6.58 Å². The van der Waals surface area contributed by atoms with Crippen molar-refractivity contribution in [3.8, 4) is 11.5 Å². The van der Waals surface area contributed by atoms with Gasteiger partial charge in [0.25, 0.3) is 0 Å². The van der Waals surface area contributed by atoms with E-state index in [-0.39, 0.29) is 30.1 Å². The van der Waals surface area contributed by atoms with Crippen molar-refractivity contribution in [2.45, 2.75) is 6.92 Å². The number of hydrogen-bond donors (Lipinski definition) is 0. The zero-order valence-corrected chi connectivity index (χ0v) is 17.1. The largest absolute Gasteiger partial charge is 0.545 e. The summed E-state index contributed by atoms with van der Waals surface area (Å²) >= 11 is 1.94. The number of benzene rings is 2. The first kappa shape index (κ1) is 21.4. The van der Waals surface area contributed by atoms with Gasteiger partial charge < -0.3 is 24.1 Å². The lowest BCUT2D eigenvalue weighted by molar-refractivity contribution is -0.255. The predicted molar refractivity (Wildman–Crippen MR) is 107 cm³/mol. The molecule has 8 heteroatoms. The number of halogens is 1. The van der Waals surface area contributed by atoms with Crippen LogP contribution in [0.15, 0.2) is 43.0 Å². The average molecular weight is 495 g/mol. The molecule has 0 bridgehead atoms. The summed E-state index contributed by atoms with van der Waals surface area (Å²) in [7, 11) is 0. The zero-order valence-electron chi connectivity index (χ0n) is 14.9. The molecule has 0 amide bonds. The molecule has 0 radical (unpaired) electrons. The van der Waals surface area contributed by atoms with Crippen molar-refractivity contribution in [1.82, 2.24) is 0 Å². The molecule has 0 unspecified atom stereocenters. The molecule has 0 saturated carbocycles. The molecule has 2 aromatic rings. The Balaban J connectivity index is 1.98. The standard InChI is InChI=1S/C20H17IO7/c1-3-13-4-6-17(28-12(2)22)15(10-13)20(25)27-9-8-26-18-7-5-14(19(23)24)11-16(18)21/h3-7,10-11H,1,8-9H2,2H3,(H,23,24)/p-1. The monoisotopic (exact) mass is 495 g/mol. The van der Waals surface area contributed by atoms with Crippen molar-refractivity contribution >= 4 is 46.6 Å². The highest BCUT2D eigenvalue weighted by Crippen LogP contribution is 2.23. The van der Waals surface area contributed by atoms with E-state index < -0.39 is 17.9 Å². The summed E-state index contributed by atoms with van der Waals surface area (Å²) in [6.07, 6.45) is 1.55. The van der Waals surface area contributed by atoms with Gasteiger partial charge in [-0.3, -0.25) is 4.79 Å². The summed E-state index contributed by atoms with van der Waals surface area (Å²) < 4.78 is 16.3. The van der Waals surface area contributed by atoms with Gasteiger partial charge in [0.2, 0.25) is 0 Å². The minimum absolute atomic E-state index is 0.0447. The van der Waals surface area contributed by atoms with Gasteiger partial charge in [-0.15, -0.1) is 0 Å². The first-order chi connectivity index (χ1) is 13.3. The van der Waals surface area contributed by atoms with Crippen LogP contribution in [0.3, 0.4) is 0 Å². The van der Waals surface area contributed by atoms with Crippen LogP contribution in [0.2, 0.25) is 0 Å². The van der Waals surface area contributed by atoms with Gasteiger partial charge >= 0.3 is 11.9 Å². The van der Waals surface area contributed by atoms with Gasteiger partial charge in [0.05, 0.1) is 9.54 Å². The summed E-state index contributed by atoms with van der Waals surface area (Å²) in [5.41, 5.74) is 0.811. The Morgan fingerprint density at radius 2 is 1.82 bits per heavy atom. The molecule has 0 aliphatic carbocycles. The van der Waals surface area contributed by atoms with Gasteiger partial charge in [-0.1, -0.05) is 18.7 Å². The number of carbonyl (C=O) groups is 3. The van der Waals surface area contributed by atoms with Gasteiger partial charge in [0.1, 0.15) is 30.3 Å². The quantitative estimate of drug-likeness (QED) is 0.240. The minimum atomic E-state index is -1.27. The molecule has 2 aromatic carbocycles. The van der Waals surface area contributed by atoms with E-state index in [4.69, 9.17) is 14.2 Å². The molecule has 2 rings (SSSR count). The molecule has 0 aliphatic heterocycles. The minimum Gasteiger partial charge on any atom is -0.545 e. The molecule has 0 N–H and O–H groups in total. The molecule has 0 saturated heterocycles. The van der Waals surface area contributed by atoms with Crippen LogP contribution in [-0.4, -0.2) is 31.1 Å². The normalized spacial score (nSPS) is 10.1.